The van der Waals surface area contributed by atoms with Crippen LogP contribution in [-0.4, -0.2) is 12.0 Å². The lowest BCUT2D eigenvalue weighted by Gasteiger charge is -2.22. The van der Waals surface area contributed by atoms with Crippen LogP contribution in [0.4, 0.5) is 0 Å². The number of para-hydroxylation sites is 1. The molecule has 2 rings (SSSR count). The molecule has 0 aliphatic carbocycles. The van der Waals surface area contributed by atoms with Crippen LogP contribution in [0.3, 0.4) is 0 Å². The predicted molar refractivity (Wildman–Crippen MR) is 88.7 cm³/mol. The Labute approximate surface area is 136 Å². The van der Waals surface area contributed by atoms with Crippen molar-refractivity contribution in [2.24, 2.45) is 5.92 Å². The lowest BCUT2D eigenvalue weighted by atomic mass is 10.1. The van der Waals surface area contributed by atoms with Gasteiger partial charge >= 0.3 is 0 Å². The Morgan fingerprint density at radius 2 is 1.78 bits per heavy atom. The summed E-state index contributed by atoms with van der Waals surface area (Å²) in [6.45, 7) is 4.29. The van der Waals surface area contributed by atoms with E-state index in [1.165, 1.54) is 0 Å². The van der Waals surface area contributed by atoms with Gasteiger partial charge in [0.25, 0.3) is 5.91 Å². The molecule has 1 unspecified atom stereocenters. The van der Waals surface area contributed by atoms with Crippen molar-refractivity contribution in [3.05, 3.63) is 65.7 Å². The molecule has 4 nitrogen and oxygen atoms in total. The summed E-state index contributed by atoms with van der Waals surface area (Å²) in [5.74, 6) is 0.234. The van der Waals surface area contributed by atoms with E-state index in [4.69, 9.17) is 10.00 Å². The summed E-state index contributed by atoms with van der Waals surface area (Å²) >= 11 is 0. The third kappa shape index (κ3) is 4.58. The molecule has 1 N–H and O–H groups in total. The third-order valence-corrected chi connectivity index (χ3v) is 3.43. The molecule has 23 heavy (non-hydrogen) atoms. The van der Waals surface area contributed by atoms with Crippen molar-refractivity contribution in [1.82, 2.24) is 5.32 Å². The second kappa shape index (κ2) is 8.00. The van der Waals surface area contributed by atoms with Crippen LogP contribution in [0, 0.1) is 17.2 Å². The van der Waals surface area contributed by atoms with Crippen molar-refractivity contribution in [3.8, 4) is 11.8 Å². The van der Waals surface area contributed by atoms with E-state index in [-0.39, 0.29) is 11.8 Å². The van der Waals surface area contributed by atoms with Gasteiger partial charge in [-0.25, -0.2) is 0 Å². The van der Waals surface area contributed by atoms with E-state index < -0.39 is 6.10 Å². The number of hydrogen-bond donors (Lipinski definition) is 1. The fourth-order valence-corrected chi connectivity index (χ4v) is 2.18. The Morgan fingerprint density at radius 1 is 1.13 bits per heavy atom. The third-order valence-electron chi connectivity index (χ3n) is 3.43. The van der Waals surface area contributed by atoms with Crippen LogP contribution in [0.1, 0.15) is 25.0 Å². The van der Waals surface area contributed by atoms with Gasteiger partial charge in [0.1, 0.15) is 11.8 Å². The molecule has 0 aliphatic heterocycles. The summed E-state index contributed by atoms with van der Waals surface area (Å²) in [5.41, 5.74) is 1.45. The minimum Gasteiger partial charge on any atom is -0.479 e. The first kappa shape index (κ1) is 16.6. The first-order chi connectivity index (χ1) is 11.1. The molecule has 1 amide bonds. The Morgan fingerprint density at radius 3 is 2.43 bits per heavy atom. The Balaban J connectivity index is 2.06. The molecule has 4 heteroatoms. The van der Waals surface area contributed by atoms with Gasteiger partial charge in [-0.3, -0.25) is 4.79 Å². The first-order valence-corrected chi connectivity index (χ1v) is 7.59. The van der Waals surface area contributed by atoms with Crippen LogP contribution in [0.25, 0.3) is 0 Å². The van der Waals surface area contributed by atoms with Crippen LogP contribution in [-0.2, 0) is 11.3 Å². The quantitative estimate of drug-likeness (QED) is 0.891. The van der Waals surface area contributed by atoms with E-state index >= 15 is 0 Å². The van der Waals surface area contributed by atoms with Crippen molar-refractivity contribution in [3.63, 3.8) is 0 Å². The number of nitrogens with zero attached hydrogens (tertiary/aromatic N) is 1. The predicted octanol–water partition coefficient (Wildman–Crippen LogP) is 3.28. The minimum absolute atomic E-state index is 0.0162. The van der Waals surface area contributed by atoms with Gasteiger partial charge in [0, 0.05) is 6.54 Å². The molecule has 118 valence electrons. The molecule has 0 aromatic heterocycles. The number of rotatable bonds is 6. The zero-order valence-corrected chi connectivity index (χ0v) is 13.3. The number of nitriles is 1. The Hall–Kier alpha value is -2.80. The molecule has 0 aliphatic rings. The average molecular weight is 308 g/mol. The summed E-state index contributed by atoms with van der Waals surface area (Å²) < 4.78 is 5.81. The Kier molecular flexibility index (Phi) is 5.76. The smallest absolute Gasteiger partial charge is 0.261 e. The number of carbonyl (C=O) groups is 1. The number of ether oxygens (including phenoxy) is 1. The van der Waals surface area contributed by atoms with E-state index in [1.54, 1.807) is 24.3 Å². The van der Waals surface area contributed by atoms with E-state index in [9.17, 15) is 4.79 Å². The highest BCUT2D eigenvalue weighted by Gasteiger charge is 2.24. The van der Waals surface area contributed by atoms with Crippen molar-refractivity contribution in [2.45, 2.75) is 26.5 Å². The first-order valence-electron chi connectivity index (χ1n) is 7.59. The number of benzene rings is 2. The SMILES string of the molecule is CC(C)C(Oc1ccccc1C#N)C(=O)NCc1ccccc1. The van der Waals surface area contributed by atoms with Gasteiger partial charge in [0.15, 0.2) is 6.10 Å². The number of hydrogen-bond acceptors (Lipinski definition) is 3. The summed E-state index contributed by atoms with van der Waals surface area (Å²) in [6.07, 6.45) is -0.645. The molecule has 0 saturated carbocycles. The van der Waals surface area contributed by atoms with Gasteiger partial charge in [-0.05, 0) is 23.6 Å². The second-order valence-electron chi connectivity index (χ2n) is 5.59. The maximum absolute atomic E-state index is 12.4. The Bertz CT molecular complexity index is 690. The largest absolute Gasteiger partial charge is 0.479 e. The fraction of sp³-hybridized carbons (Fsp3) is 0.263. The van der Waals surface area contributed by atoms with Crippen molar-refractivity contribution >= 4 is 5.91 Å². The lowest BCUT2D eigenvalue weighted by molar-refractivity contribution is -0.130. The number of carbonyl (C=O) groups excluding carboxylic acids is 1. The maximum Gasteiger partial charge on any atom is 0.261 e. The fourth-order valence-electron chi connectivity index (χ4n) is 2.18. The standard InChI is InChI=1S/C19H20N2O2/c1-14(2)18(23-17-11-7-6-10-16(17)12-20)19(22)21-13-15-8-4-3-5-9-15/h3-11,14,18H,13H2,1-2H3,(H,21,22). The summed E-state index contributed by atoms with van der Waals surface area (Å²) in [6, 6.07) is 18.7. The molecule has 0 radical (unpaired) electrons. The van der Waals surface area contributed by atoms with Crippen molar-refractivity contribution < 1.29 is 9.53 Å². The highest BCUT2D eigenvalue weighted by molar-refractivity contribution is 5.81. The molecular formula is C19H20N2O2. The molecule has 0 heterocycles. The molecule has 2 aromatic rings. The zero-order chi connectivity index (χ0) is 16.7. The molecule has 0 saturated heterocycles. The number of amides is 1. The highest BCUT2D eigenvalue weighted by Crippen LogP contribution is 2.20. The zero-order valence-electron chi connectivity index (χ0n) is 13.3. The van der Waals surface area contributed by atoms with Gasteiger partial charge in [-0.15, -0.1) is 0 Å². The molecule has 0 fully saturated rings. The van der Waals surface area contributed by atoms with Crippen LogP contribution < -0.4 is 10.1 Å². The molecular weight excluding hydrogens is 288 g/mol. The minimum atomic E-state index is -0.645. The topological polar surface area (TPSA) is 62.1 Å². The molecule has 2 aromatic carbocycles. The normalized spacial score (nSPS) is 11.6. The van der Waals surface area contributed by atoms with Gasteiger partial charge in [-0.2, -0.15) is 5.26 Å². The average Bonchev–Trinajstić information content (AvgIpc) is 2.58. The highest BCUT2D eigenvalue weighted by atomic mass is 16.5. The summed E-state index contributed by atoms with van der Waals surface area (Å²) in [4.78, 5) is 12.4. The van der Waals surface area contributed by atoms with Crippen molar-refractivity contribution in [1.29, 1.82) is 5.26 Å². The van der Waals surface area contributed by atoms with Gasteiger partial charge < -0.3 is 10.1 Å². The molecule has 0 spiro atoms. The van der Waals surface area contributed by atoms with Crippen LogP contribution in [0.5, 0.6) is 5.75 Å². The monoisotopic (exact) mass is 308 g/mol. The van der Waals surface area contributed by atoms with E-state index in [1.807, 2.05) is 44.2 Å². The van der Waals surface area contributed by atoms with Crippen LogP contribution >= 0.6 is 0 Å². The summed E-state index contributed by atoms with van der Waals surface area (Å²) in [5, 5.41) is 12.0. The van der Waals surface area contributed by atoms with E-state index in [2.05, 4.69) is 11.4 Å². The van der Waals surface area contributed by atoms with Gasteiger partial charge in [0.05, 0.1) is 5.56 Å². The lowest BCUT2D eigenvalue weighted by Crippen LogP contribution is -2.41. The van der Waals surface area contributed by atoms with Crippen LogP contribution in [0.2, 0.25) is 0 Å². The maximum atomic E-state index is 12.4. The molecule has 0 bridgehead atoms. The van der Waals surface area contributed by atoms with Crippen molar-refractivity contribution in [2.75, 3.05) is 0 Å². The van der Waals surface area contributed by atoms with Gasteiger partial charge in [0.2, 0.25) is 0 Å². The van der Waals surface area contributed by atoms with Crippen LogP contribution in [0.15, 0.2) is 54.6 Å². The van der Waals surface area contributed by atoms with E-state index in [0.717, 1.165) is 5.56 Å². The number of nitrogens with one attached hydrogen (secondary N) is 1. The summed E-state index contributed by atoms with van der Waals surface area (Å²) in [7, 11) is 0. The van der Waals surface area contributed by atoms with E-state index in [0.29, 0.717) is 17.9 Å². The van der Waals surface area contributed by atoms with Gasteiger partial charge in [-0.1, -0.05) is 56.3 Å². The second-order valence-corrected chi connectivity index (χ2v) is 5.59. The molecule has 1 atom stereocenters.